The Morgan fingerprint density at radius 1 is 1.40 bits per heavy atom. The van der Waals surface area contributed by atoms with Gasteiger partial charge in [-0.15, -0.1) is 0 Å². The molecule has 1 saturated carbocycles. The maximum Gasteiger partial charge on any atom is 0.259 e. The van der Waals surface area contributed by atoms with Crippen LogP contribution in [0.4, 0.5) is 0 Å². The minimum absolute atomic E-state index is 0.447. The Kier molecular flexibility index (Phi) is 3.30. The Labute approximate surface area is 118 Å². The monoisotopic (exact) mass is 272 g/mol. The smallest absolute Gasteiger partial charge is 0.259 e. The molecule has 2 heterocycles. The van der Waals surface area contributed by atoms with Gasteiger partial charge in [0.2, 0.25) is 0 Å². The molecule has 5 nitrogen and oxygen atoms in total. The molecule has 0 amide bonds. The van der Waals surface area contributed by atoms with Crippen molar-refractivity contribution < 1.29 is 4.52 Å². The van der Waals surface area contributed by atoms with Gasteiger partial charge in [0.1, 0.15) is 0 Å². The number of hydrogen-bond donors (Lipinski definition) is 1. The number of hydrogen-bond acceptors (Lipinski definition) is 5. The molecule has 1 aliphatic rings. The zero-order valence-corrected chi connectivity index (χ0v) is 12.0. The summed E-state index contributed by atoms with van der Waals surface area (Å²) in [7, 11) is 0. The Morgan fingerprint density at radius 3 is 2.95 bits per heavy atom. The van der Waals surface area contributed by atoms with E-state index >= 15 is 0 Å². The Morgan fingerprint density at radius 2 is 2.25 bits per heavy atom. The first-order chi connectivity index (χ1) is 9.57. The second-order valence-electron chi connectivity index (χ2n) is 5.97. The second-order valence-corrected chi connectivity index (χ2v) is 5.97. The number of aryl methyl sites for hydroxylation is 1. The van der Waals surface area contributed by atoms with Gasteiger partial charge in [-0.3, -0.25) is 4.98 Å². The molecule has 1 aliphatic carbocycles. The molecule has 0 radical (unpaired) electrons. The summed E-state index contributed by atoms with van der Waals surface area (Å²) in [6, 6.07) is 3.87. The molecule has 0 spiro atoms. The average Bonchev–Trinajstić information content (AvgIpc) is 2.90. The summed E-state index contributed by atoms with van der Waals surface area (Å²) in [5.74, 6) is 1.73. The van der Waals surface area contributed by atoms with Crippen LogP contribution in [0.15, 0.2) is 22.9 Å². The summed E-state index contributed by atoms with van der Waals surface area (Å²) in [4.78, 5) is 8.74. The first-order valence-corrected chi connectivity index (χ1v) is 7.13. The minimum atomic E-state index is -0.447. The van der Waals surface area contributed by atoms with E-state index in [0.717, 1.165) is 30.5 Å². The molecular weight excluding hydrogens is 252 g/mol. The summed E-state index contributed by atoms with van der Waals surface area (Å²) in [5, 5.41) is 4.11. The first-order valence-electron chi connectivity index (χ1n) is 7.13. The van der Waals surface area contributed by atoms with E-state index in [4.69, 9.17) is 10.3 Å². The minimum Gasteiger partial charge on any atom is -0.334 e. The van der Waals surface area contributed by atoms with Crippen LogP contribution in [-0.4, -0.2) is 15.1 Å². The average molecular weight is 272 g/mol. The Bertz CT molecular complexity index is 592. The predicted molar refractivity (Wildman–Crippen MR) is 75.8 cm³/mol. The van der Waals surface area contributed by atoms with Crippen molar-refractivity contribution in [3.8, 4) is 11.5 Å². The zero-order valence-electron chi connectivity index (χ0n) is 12.0. The van der Waals surface area contributed by atoms with Crippen molar-refractivity contribution in [1.29, 1.82) is 0 Å². The van der Waals surface area contributed by atoms with Crippen LogP contribution in [0, 0.1) is 12.8 Å². The Hall–Kier alpha value is -1.75. The van der Waals surface area contributed by atoms with Crippen LogP contribution in [0.1, 0.15) is 44.1 Å². The van der Waals surface area contributed by atoms with Crippen molar-refractivity contribution in [1.82, 2.24) is 15.1 Å². The number of nitrogens with zero attached hydrogens (tertiary/aromatic N) is 3. The van der Waals surface area contributed by atoms with E-state index in [1.165, 1.54) is 6.42 Å². The summed E-state index contributed by atoms with van der Waals surface area (Å²) in [6.07, 6.45) is 5.93. The summed E-state index contributed by atoms with van der Waals surface area (Å²) < 4.78 is 5.36. The van der Waals surface area contributed by atoms with E-state index in [2.05, 4.69) is 22.0 Å². The molecular formula is C15H20N4O. The van der Waals surface area contributed by atoms with Gasteiger partial charge in [0, 0.05) is 11.9 Å². The summed E-state index contributed by atoms with van der Waals surface area (Å²) in [6.45, 7) is 4.17. The fourth-order valence-electron chi connectivity index (χ4n) is 2.93. The molecule has 3 rings (SSSR count). The molecule has 2 aromatic heterocycles. The SMILES string of the molecule is Cc1ccc(-c2nc(C3(N)CCCC(C)C3)no2)cn1. The van der Waals surface area contributed by atoms with E-state index in [9.17, 15) is 0 Å². The number of pyridine rings is 1. The van der Waals surface area contributed by atoms with Gasteiger partial charge in [0.15, 0.2) is 5.82 Å². The van der Waals surface area contributed by atoms with Gasteiger partial charge in [0.25, 0.3) is 5.89 Å². The van der Waals surface area contributed by atoms with Gasteiger partial charge >= 0.3 is 0 Å². The molecule has 2 aromatic rings. The lowest BCUT2D eigenvalue weighted by atomic mass is 9.76. The van der Waals surface area contributed by atoms with Crippen LogP contribution in [0.5, 0.6) is 0 Å². The molecule has 2 unspecified atom stereocenters. The van der Waals surface area contributed by atoms with Gasteiger partial charge in [0.05, 0.1) is 11.1 Å². The molecule has 1 fully saturated rings. The first kappa shape index (κ1) is 13.2. The standard InChI is InChI=1S/C15H20N4O/c1-10-4-3-7-15(16,8-10)14-18-13(20-19-14)12-6-5-11(2)17-9-12/h5-6,9-10H,3-4,7-8,16H2,1-2H3. The van der Waals surface area contributed by atoms with Crippen LogP contribution in [0.2, 0.25) is 0 Å². The summed E-state index contributed by atoms with van der Waals surface area (Å²) in [5.41, 5.74) is 7.84. The highest BCUT2D eigenvalue weighted by Gasteiger charge is 2.37. The molecule has 20 heavy (non-hydrogen) atoms. The molecule has 2 N–H and O–H groups in total. The van der Waals surface area contributed by atoms with E-state index in [-0.39, 0.29) is 0 Å². The number of aromatic nitrogens is 3. The predicted octanol–water partition coefficient (Wildman–Crippen LogP) is 2.80. The third-order valence-electron chi connectivity index (χ3n) is 4.06. The van der Waals surface area contributed by atoms with Crippen LogP contribution in [0.25, 0.3) is 11.5 Å². The van der Waals surface area contributed by atoms with E-state index in [0.29, 0.717) is 17.6 Å². The van der Waals surface area contributed by atoms with Crippen LogP contribution >= 0.6 is 0 Å². The van der Waals surface area contributed by atoms with Gasteiger partial charge in [-0.05, 0) is 37.8 Å². The maximum absolute atomic E-state index is 6.49. The van der Waals surface area contributed by atoms with Crippen LogP contribution < -0.4 is 5.73 Å². The van der Waals surface area contributed by atoms with Crippen molar-refractivity contribution in [3.05, 3.63) is 29.8 Å². The van der Waals surface area contributed by atoms with Crippen molar-refractivity contribution >= 4 is 0 Å². The highest BCUT2D eigenvalue weighted by molar-refractivity contribution is 5.51. The highest BCUT2D eigenvalue weighted by atomic mass is 16.5. The molecule has 2 atom stereocenters. The third-order valence-corrected chi connectivity index (χ3v) is 4.06. The van der Waals surface area contributed by atoms with E-state index < -0.39 is 5.54 Å². The lowest BCUT2D eigenvalue weighted by Gasteiger charge is -2.33. The number of nitrogens with two attached hydrogens (primary N) is 1. The topological polar surface area (TPSA) is 77.8 Å². The van der Waals surface area contributed by atoms with Crippen LogP contribution in [-0.2, 0) is 5.54 Å². The summed E-state index contributed by atoms with van der Waals surface area (Å²) >= 11 is 0. The fourth-order valence-corrected chi connectivity index (χ4v) is 2.93. The van der Waals surface area contributed by atoms with Crippen LogP contribution in [0.3, 0.4) is 0 Å². The molecule has 0 aromatic carbocycles. The Balaban J connectivity index is 1.88. The number of rotatable bonds is 2. The maximum atomic E-state index is 6.49. The third kappa shape index (κ3) is 2.45. The molecule has 106 valence electrons. The van der Waals surface area contributed by atoms with Gasteiger partial charge in [-0.25, -0.2) is 0 Å². The fraction of sp³-hybridized carbons (Fsp3) is 0.533. The molecule has 5 heteroatoms. The molecule has 0 bridgehead atoms. The van der Waals surface area contributed by atoms with Gasteiger partial charge in [-0.1, -0.05) is 24.9 Å². The van der Waals surface area contributed by atoms with E-state index in [1.807, 2.05) is 19.1 Å². The largest absolute Gasteiger partial charge is 0.334 e. The lowest BCUT2D eigenvalue weighted by Crippen LogP contribution is -2.42. The normalized spacial score (nSPS) is 26.6. The zero-order chi connectivity index (χ0) is 14.2. The quantitative estimate of drug-likeness (QED) is 0.909. The van der Waals surface area contributed by atoms with E-state index in [1.54, 1.807) is 6.20 Å². The van der Waals surface area contributed by atoms with Gasteiger partial charge < -0.3 is 10.3 Å². The van der Waals surface area contributed by atoms with Crippen molar-refractivity contribution in [3.63, 3.8) is 0 Å². The molecule has 0 saturated heterocycles. The molecule has 0 aliphatic heterocycles. The van der Waals surface area contributed by atoms with Crippen molar-refractivity contribution in [2.45, 2.75) is 45.1 Å². The highest BCUT2D eigenvalue weighted by Crippen LogP contribution is 2.37. The van der Waals surface area contributed by atoms with Crippen molar-refractivity contribution in [2.75, 3.05) is 0 Å². The van der Waals surface area contributed by atoms with Gasteiger partial charge in [-0.2, -0.15) is 4.98 Å². The lowest BCUT2D eigenvalue weighted by molar-refractivity contribution is 0.222. The van der Waals surface area contributed by atoms with Crippen molar-refractivity contribution in [2.24, 2.45) is 11.7 Å². The second kappa shape index (κ2) is 4.98.